The molecule has 0 bridgehead atoms. The van der Waals surface area contributed by atoms with Crippen molar-refractivity contribution < 1.29 is 33.8 Å². The smallest absolute Gasteiger partial charge is 0.387 e. The van der Waals surface area contributed by atoms with Crippen LogP contribution in [-0.4, -0.2) is 68.8 Å². The Kier molecular flexibility index (Phi) is 5.14. The third-order valence-electron chi connectivity index (χ3n) is 6.40. The number of phosphoric ester groups is 1. The van der Waals surface area contributed by atoms with Gasteiger partial charge in [-0.15, -0.1) is 0 Å². The average molecular weight is 513 g/mol. The molecule has 3 aromatic heterocycles. The number of aliphatic hydroxyl groups excluding tert-OH is 2. The van der Waals surface area contributed by atoms with Crippen LogP contribution < -0.4 is 5.56 Å². The quantitative estimate of drug-likeness (QED) is 0.207. The average Bonchev–Trinajstić information content (AvgIpc) is 3.56. The molecule has 6 rings (SSSR count). The number of aromatic nitrogens is 5. The monoisotopic (exact) mass is 513 g/mol. The predicted molar refractivity (Wildman–Crippen MR) is 125 cm³/mol. The van der Waals surface area contributed by atoms with E-state index in [0.717, 1.165) is 10.8 Å². The Morgan fingerprint density at radius 3 is 2.72 bits per heavy atom. The molecule has 14 heteroatoms. The topological polar surface area (TPSA) is 184 Å². The lowest BCUT2D eigenvalue weighted by atomic mass is 9.92. The number of benzene rings is 2. The van der Waals surface area contributed by atoms with Gasteiger partial charge in [-0.2, -0.15) is 4.98 Å². The van der Waals surface area contributed by atoms with E-state index in [2.05, 4.69) is 19.5 Å². The number of phosphoric acid groups is 1. The molecule has 0 unspecified atom stereocenters. The number of nitrogens with zero attached hydrogens (tertiary/aromatic N) is 4. The van der Waals surface area contributed by atoms with Gasteiger partial charge in [0.05, 0.1) is 6.61 Å². The van der Waals surface area contributed by atoms with Crippen molar-refractivity contribution in [3.8, 4) is 0 Å². The van der Waals surface area contributed by atoms with Gasteiger partial charge in [-0.1, -0.05) is 36.4 Å². The zero-order chi connectivity index (χ0) is 25.2. The van der Waals surface area contributed by atoms with Gasteiger partial charge in [-0.25, -0.2) is 9.55 Å². The minimum absolute atomic E-state index is 0.00697. The summed E-state index contributed by atoms with van der Waals surface area (Å²) in [5.74, 6) is 0.220. The SMILES string of the molecule is O=c1c2ncn([C@]3(c4ccc5ccccc5c4)O[C@H](COP(=O)(O)O)[C@@H](O)[C@H]3O)c2nc2[nH]ccn12. The molecule has 36 heavy (non-hydrogen) atoms. The van der Waals surface area contributed by atoms with Gasteiger partial charge in [0.15, 0.2) is 11.2 Å². The second kappa shape index (κ2) is 8.05. The van der Waals surface area contributed by atoms with Gasteiger partial charge in [0.25, 0.3) is 5.56 Å². The molecule has 2 aromatic carbocycles. The third-order valence-corrected chi connectivity index (χ3v) is 6.89. The fourth-order valence-corrected chi connectivity index (χ4v) is 5.07. The molecule has 0 aliphatic carbocycles. The van der Waals surface area contributed by atoms with Gasteiger partial charge in [-0.3, -0.25) is 18.3 Å². The number of rotatable bonds is 5. The van der Waals surface area contributed by atoms with E-state index in [4.69, 9.17) is 14.5 Å². The number of hydrogen-bond acceptors (Lipinski definition) is 8. The maximum Gasteiger partial charge on any atom is 0.469 e. The summed E-state index contributed by atoms with van der Waals surface area (Å²) in [5.41, 5.74) is -1.88. The Balaban J connectivity index is 1.60. The van der Waals surface area contributed by atoms with Crippen molar-refractivity contribution in [2.45, 2.75) is 24.0 Å². The van der Waals surface area contributed by atoms with Crippen LogP contribution >= 0.6 is 7.82 Å². The maximum atomic E-state index is 13.0. The highest BCUT2D eigenvalue weighted by molar-refractivity contribution is 7.46. The highest BCUT2D eigenvalue weighted by Gasteiger charge is 2.57. The first-order valence-corrected chi connectivity index (χ1v) is 12.4. The molecule has 5 N–H and O–H groups in total. The predicted octanol–water partition coefficient (Wildman–Crippen LogP) is 0.456. The molecule has 4 heterocycles. The Morgan fingerprint density at radius 1 is 1.17 bits per heavy atom. The number of aliphatic hydroxyl groups is 2. The molecule has 0 saturated carbocycles. The first-order valence-electron chi connectivity index (χ1n) is 10.9. The van der Waals surface area contributed by atoms with Crippen LogP contribution in [-0.2, 0) is 19.6 Å². The van der Waals surface area contributed by atoms with E-state index in [9.17, 15) is 19.6 Å². The van der Waals surface area contributed by atoms with E-state index in [1.54, 1.807) is 18.2 Å². The van der Waals surface area contributed by atoms with Gasteiger partial charge in [0, 0.05) is 18.0 Å². The second-order valence-corrected chi connectivity index (χ2v) is 9.73. The second-order valence-electron chi connectivity index (χ2n) is 8.49. The molecule has 5 aromatic rings. The van der Waals surface area contributed by atoms with E-state index in [-0.39, 0.29) is 16.9 Å². The number of aromatic amines is 1. The molecular formula is C22H20N5O8P. The summed E-state index contributed by atoms with van der Waals surface area (Å²) in [6.45, 7) is -0.707. The Labute approximate surface area is 201 Å². The van der Waals surface area contributed by atoms with Crippen LogP contribution in [0, 0.1) is 0 Å². The zero-order valence-electron chi connectivity index (χ0n) is 18.4. The van der Waals surface area contributed by atoms with Crippen LogP contribution in [0.3, 0.4) is 0 Å². The number of fused-ring (bicyclic) bond motifs is 3. The van der Waals surface area contributed by atoms with Crippen LogP contribution in [0.1, 0.15) is 5.56 Å². The fourth-order valence-electron chi connectivity index (χ4n) is 4.73. The lowest BCUT2D eigenvalue weighted by Gasteiger charge is -2.34. The molecule has 0 spiro atoms. The summed E-state index contributed by atoms with van der Waals surface area (Å²) >= 11 is 0. The highest BCUT2D eigenvalue weighted by Crippen LogP contribution is 2.45. The largest absolute Gasteiger partial charge is 0.469 e. The van der Waals surface area contributed by atoms with Crippen LogP contribution in [0.5, 0.6) is 0 Å². The standard InChI is InChI=1S/C22H20N5O8P/c28-17-15(10-34-36(31,32)33)35-22(18(17)29,14-6-5-12-3-1-2-4-13(12)9-14)27-11-24-16-19(27)25-21-23-7-8-26(21)20(16)30/h1-9,11,15,17-18,28-29H,10H2,(H,23,25)(H2,31,32,33)/t15-,17-,18-,22-/m1/s1. The van der Waals surface area contributed by atoms with E-state index < -0.39 is 44.0 Å². The lowest BCUT2D eigenvalue weighted by molar-refractivity contribution is -0.115. The summed E-state index contributed by atoms with van der Waals surface area (Å²) in [6, 6.07) is 12.7. The fraction of sp³-hybridized carbons (Fsp3) is 0.227. The molecule has 13 nitrogen and oxygen atoms in total. The number of nitrogens with one attached hydrogen (secondary N) is 1. The molecule has 1 aliphatic rings. The van der Waals surface area contributed by atoms with Crippen molar-refractivity contribution >= 4 is 35.5 Å². The van der Waals surface area contributed by atoms with Crippen molar-refractivity contribution in [1.82, 2.24) is 23.9 Å². The Morgan fingerprint density at radius 2 is 1.94 bits per heavy atom. The van der Waals surface area contributed by atoms with Crippen LogP contribution in [0.4, 0.5) is 0 Å². The first-order chi connectivity index (χ1) is 17.2. The van der Waals surface area contributed by atoms with E-state index in [0.29, 0.717) is 5.56 Å². The van der Waals surface area contributed by atoms with Gasteiger partial charge in [0.1, 0.15) is 24.6 Å². The summed E-state index contributed by atoms with van der Waals surface area (Å²) < 4.78 is 24.7. The van der Waals surface area contributed by atoms with Crippen LogP contribution in [0.25, 0.3) is 27.7 Å². The normalized spacial score (nSPS) is 24.8. The van der Waals surface area contributed by atoms with Gasteiger partial charge in [0.2, 0.25) is 11.5 Å². The molecule has 1 saturated heterocycles. The van der Waals surface area contributed by atoms with E-state index >= 15 is 0 Å². The van der Waals surface area contributed by atoms with Crippen molar-refractivity contribution in [3.63, 3.8) is 0 Å². The summed E-state index contributed by atoms with van der Waals surface area (Å²) in [4.78, 5) is 42.9. The van der Waals surface area contributed by atoms with Gasteiger partial charge in [-0.05, 0) is 16.8 Å². The van der Waals surface area contributed by atoms with Crippen molar-refractivity contribution in [3.05, 3.63) is 77.1 Å². The first kappa shape index (κ1) is 23.0. The highest BCUT2D eigenvalue weighted by atomic mass is 31.2. The molecule has 0 radical (unpaired) electrons. The Hall–Kier alpha value is -3.42. The molecule has 186 valence electrons. The van der Waals surface area contributed by atoms with Crippen molar-refractivity contribution in [2.75, 3.05) is 6.61 Å². The van der Waals surface area contributed by atoms with Crippen molar-refractivity contribution in [1.29, 1.82) is 0 Å². The molecule has 1 aliphatic heterocycles. The van der Waals surface area contributed by atoms with Gasteiger partial charge >= 0.3 is 7.82 Å². The number of imidazole rings is 2. The summed E-state index contributed by atoms with van der Waals surface area (Å²) in [6.07, 6.45) is -0.308. The van der Waals surface area contributed by atoms with Crippen molar-refractivity contribution in [2.24, 2.45) is 0 Å². The summed E-state index contributed by atoms with van der Waals surface area (Å²) in [7, 11) is -4.89. The zero-order valence-corrected chi connectivity index (χ0v) is 19.3. The van der Waals surface area contributed by atoms with Crippen LogP contribution in [0.15, 0.2) is 66.0 Å². The minimum atomic E-state index is -4.89. The molecule has 0 amide bonds. The Bertz CT molecular complexity index is 1720. The number of hydrogen-bond donors (Lipinski definition) is 5. The van der Waals surface area contributed by atoms with E-state index in [1.165, 1.54) is 27.7 Å². The molecule has 4 atom stereocenters. The lowest BCUT2D eigenvalue weighted by Crippen LogP contribution is -2.46. The number of ether oxygens (including phenoxy) is 1. The van der Waals surface area contributed by atoms with E-state index in [1.807, 2.05) is 24.3 Å². The molecular weight excluding hydrogens is 493 g/mol. The summed E-state index contributed by atoms with van der Waals surface area (Å²) in [5, 5.41) is 24.0. The minimum Gasteiger partial charge on any atom is -0.387 e. The third kappa shape index (κ3) is 3.41. The maximum absolute atomic E-state index is 13.0. The molecule has 1 fully saturated rings. The number of H-pyrrole nitrogens is 1. The van der Waals surface area contributed by atoms with Crippen LogP contribution in [0.2, 0.25) is 0 Å². The van der Waals surface area contributed by atoms with Gasteiger partial charge < -0.3 is 29.7 Å².